The molecule has 0 aliphatic carbocycles. The van der Waals surface area contributed by atoms with E-state index >= 15 is 0 Å². The van der Waals surface area contributed by atoms with Gasteiger partial charge in [-0.15, -0.1) is 0 Å². The fourth-order valence-electron chi connectivity index (χ4n) is 1.77. The van der Waals surface area contributed by atoms with Gasteiger partial charge in [0.2, 0.25) is 0 Å². The molecule has 2 rings (SSSR count). The summed E-state index contributed by atoms with van der Waals surface area (Å²) in [6.07, 6.45) is 0.0706. The molecule has 2 nitrogen and oxygen atoms in total. The number of hydrogen-bond acceptors (Lipinski definition) is 2. The lowest BCUT2D eigenvalue weighted by atomic mass is 10.1. The van der Waals surface area contributed by atoms with E-state index in [1.165, 1.54) is 0 Å². The number of ether oxygens (including phenoxy) is 1. The van der Waals surface area contributed by atoms with Crippen molar-refractivity contribution in [2.24, 2.45) is 0 Å². The number of hydrogen-bond donors (Lipinski definition) is 0. The minimum atomic E-state index is 0.0706. The van der Waals surface area contributed by atoms with Gasteiger partial charge in [0.1, 0.15) is 11.5 Å². The summed E-state index contributed by atoms with van der Waals surface area (Å²) in [5.74, 6) is 1.82. The lowest BCUT2D eigenvalue weighted by Gasteiger charge is -2.06. The lowest BCUT2D eigenvalue weighted by Crippen LogP contribution is -1.94. The van der Waals surface area contributed by atoms with E-state index in [1.807, 2.05) is 44.2 Å². The third-order valence-electron chi connectivity index (χ3n) is 2.81. The van der Waals surface area contributed by atoms with E-state index < -0.39 is 0 Å². The maximum absolute atomic E-state index is 5.74. The molecule has 0 aliphatic rings. The standard InChI is InChI=1S/C14H16O2/c1-10(15-3)13-9-14(16-11(13)2)12-7-5-4-6-8-12/h4-10H,1-3H3. The molecule has 2 heteroatoms. The third-order valence-corrected chi connectivity index (χ3v) is 2.81. The Morgan fingerprint density at radius 3 is 2.50 bits per heavy atom. The summed E-state index contributed by atoms with van der Waals surface area (Å²) in [4.78, 5) is 0. The Kier molecular flexibility index (Phi) is 3.11. The van der Waals surface area contributed by atoms with E-state index in [2.05, 4.69) is 6.07 Å². The van der Waals surface area contributed by atoms with Crippen LogP contribution in [0.3, 0.4) is 0 Å². The molecule has 0 fully saturated rings. The van der Waals surface area contributed by atoms with Crippen molar-refractivity contribution in [3.8, 4) is 11.3 Å². The topological polar surface area (TPSA) is 22.4 Å². The van der Waals surface area contributed by atoms with Gasteiger partial charge in [-0.3, -0.25) is 0 Å². The first-order valence-electron chi connectivity index (χ1n) is 5.41. The highest BCUT2D eigenvalue weighted by molar-refractivity contribution is 5.58. The van der Waals surface area contributed by atoms with E-state index in [1.54, 1.807) is 7.11 Å². The molecule has 0 radical (unpaired) electrons. The molecule has 1 heterocycles. The zero-order chi connectivity index (χ0) is 11.5. The Morgan fingerprint density at radius 2 is 1.88 bits per heavy atom. The molecule has 0 saturated heterocycles. The van der Waals surface area contributed by atoms with Crippen molar-refractivity contribution < 1.29 is 9.15 Å². The highest BCUT2D eigenvalue weighted by atomic mass is 16.5. The Labute approximate surface area is 95.9 Å². The fraction of sp³-hybridized carbons (Fsp3) is 0.286. The molecule has 0 spiro atoms. The maximum atomic E-state index is 5.74. The van der Waals surface area contributed by atoms with Crippen LogP contribution in [0.25, 0.3) is 11.3 Å². The first-order valence-corrected chi connectivity index (χ1v) is 5.41. The zero-order valence-electron chi connectivity index (χ0n) is 9.86. The monoisotopic (exact) mass is 216 g/mol. The van der Waals surface area contributed by atoms with Crippen LogP contribution < -0.4 is 0 Å². The van der Waals surface area contributed by atoms with E-state index in [0.29, 0.717) is 0 Å². The quantitative estimate of drug-likeness (QED) is 0.774. The Balaban J connectivity index is 2.38. The highest BCUT2D eigenvalue weighted by Gasteiger charge is 2.14. The highest BCUT2D eigenvalue weighted by Crippen LogP contribution is 2.29. The predicted octanol–water partition coefficient (Wildman–Crippen LogP) is 3.96. The number of furan rings is 1. The Bertz CT molecular complexity index is 457. The summed E-state index contributed by atoms with van der Waals surface area (Å²) in [6.45, 7) is 3.99. The van der Waals surface area contributed by atoms with Crippen LogP contribution >= 0.6 is 0 Å². The molecule has 0 bridgehead atoms. The molecule has 0 aliphatic heterocycles. The number of aryl methyl sites for hydroxylation is 1. The zero-order valence-corrected chi connectivity index (χ0v) is 9.86. The normalized spacial score (nSPS) is 12.7. The van der Waals surface area contributed by atoms with Crippen molar-refractivity contribution in [3.63, 3.8) is 0 Å². The molecule has 1 unspecified atom stereocenters. The average molecular weight is 216 g/mol. The van der Waals surface area contributed by atoms with Gasteiger partial charge in [0, 0.05) is 18.2 Å². The largest absolute Gasteiger partial charge is 0.461 e. The van der Waals surface area contributed by atoms with Crippen molar-refractivity contribution in [2.45, 2.75) is 20.0 Å². The second kappa shape index (κ2) is 4.54. The minimum Gasteiger partial charge on any atom is -0.461 e. The van der Waals surface area contributed by atoms with E-state index in [9.17, 15) is 0 Å². The van der Waals surface area contributed by atoms with Gasteiger partial charge >= 0.3 is 0 Å². The Hall–Kier alpha value is -1.54. The summed E-state index contributed by atoms with van der Waals surface area (Å²) in [7, 11) is 1.71. The predicted molar refractivity (Wildman–Crippen MR) is 64.3 cm³/mol. The van der Waals surface area contributed by atoms with Crippen LogP contribution in [0, 0.1) is 6.92 Å². The molecule has 1 atom stereocenters. The van der Waals surface area contributed by atoms with Crippen LogP contribution in [0.2, 0.25) is 0 Å². The van der Waals surface area contributed by atoms with Crippen LogP contribution in [-0.2, 0) is 4.74 Å². The van der Waals surface area contributed by atoms with Gasteiger partial charge in [-0.25, -0.2) is 0 Å². The van der Waals surface area contributed by atoms with Crippen LogP contribution in [0.5, 0.6) is 0 Å². The summed E-state index contributed by atoms with van der Waals surface area (Å²) >= 11 is 0. The average Bonchev–Trinajstić information content (AvgIpc) is 2.71. The molecule has 0 saturated carbocycles. The number of benzene rings is 1. The first-order chi connectivity index (χ1) is 7.72. The second-order valence-electron chi connectivity index (χ2n) is 3.87. The molecular weight excluding hydrogens is 200 g/mol. The number of methoxy groups -OCH3 is 1. The number of rotatable bonds is 3. The van der Waals surface area contributed by atoms with Gasteiger partial charge in [-0.2, -0.15) is 0 Å². The SMILES string of the molecule is COC(C)c1cc(-c2ccccc2)oc1C. The fourth-order valence-corrected chi connectivity index (χ4v) is 1.77. The maximum Gasteiger partial charge on any atom is 0.134 e. The van der Waals surface area contributed by atoms with Gasteiger partial charge in [0.05, 0.1) is 6.10 Å². The summed E-state index contributed by atoms with van der Waals surface area (Å²) in [5, 5.41) is 0. The lowest BCUT2D eigenvalue weighted by molar-refractivity contribution is 0.118. The minimum absolute atomic E-state index is 0.0706. The van der Waals surface area contributed by atoms with Crippen molar-refractivity contribution in [3.05, 3.63) is 47.7 Å². The van der Waals surface area contributed by atoms with E-state index in [0.717, 1.165) is 22.6 Å². The van der Waals surface area contributed by atoms with Crippen LogP contribution in [0.1, 0.15) is 24.4 Å². The Morgan fingerprint density at radius 1 is 1.19 bits per heavy atom. The van der Waals surface area contributed by atoms with Crippen molar-refractivity contribution >= 4 is 0 Å². The summed E-state index contributed by atoms with van der Waals surface area (Å²) < 4.78 is 11.0. The smallest absolute Gasteiger partial charge is 0.134 e. The van der Waals surface area contributed by atoms with Gasteiger partial charge < -0.3 is 9.15 Å². The van der Waals surface area contributed by atoms with Gasteiger partial charge in [0.15, 0.2) is 0 Å². The molecule has 84 valence electrons. The van der Waals surface area contributed by atoms with Crippen LogP contribution in [0.4, 0.5) is 0 Å². The molecule has 1 aromatic heterocycles. The molecular formula is C14H16O2. The molecule has 16 heavy (non-hydrogen) atoms. The van der Waals surface area contributed by atoms with E-state index in [-0.39, 0.29) is 6.10 Å². The van der Waals surface area contributed by atoms with Crippen LogP contribution in [-0.4, -0.2) is 7.11 Å². The van der Waals surface area contributed by atoms with Crippen molar-refractivity contribution in [1.82, 2.24) is 0 Å². The van der Waals surface area contributed by atoms with Crippen molar-refractivity contribution in [1.29, 1.82) is 0 Å². The van der Waals surface area contributed by atoms with Crippen LogP contribution in [0.15, 0.2) is 40.8 Å². The third kappa shape index (κ3) is 2.02. The van der Waals surface area contributed by atoms with E-state index in [4.69, 9.17) is 9.15 Å². The van der Waals surface area contributed by atoms with Gasteiger partial charge in [-0.1, -0.05) is 30.3 Å². The summed E-state index contributed by atoms with van der Waals surface area (Å²) in [5.41, 5.74) is 2.21. The van der Waals surface area contributed by atoms with Gasteiger partial charge in [0.25, 0.3) is 0 Å². The molecule has 1 aromatic carbocycles. The van der Waals surface area contributed by atoms with Gasteiger partial charge in [-0.05, 0) is 19.9 Å². The van der Waals surface area contributed by atoms with Crippen molar-refractivity contribution in [2.75, 3.05) is 7.11 Å². The summed E-state index contributed by atoms with van der Waals surface area (Å²) in [6, 6.07) is 12.1. The molecule has 0 N–H and O–H groups in total. The first kappa shape index (κ1) is 11.0. The molecule has 2 aromatic rings. The second-order valence-corrected chi connectivity index (χ2v) is 3.87. The molecule has 0 amide bonds.